The van der Waals surface area contributed by atoms with E-state index in [1.807, 2.05) is 0 Å². The van der Waals surface area contributed by atoms with Gasteiger partial charge >= 0.3 is 6.85 Å². The predicted molar refractivity (Wildman–Crippen MR) is 246 cm³/mol. The molecule has 0 fully saturated rings. The van der Waals surface area contributed by atoms with Gasteiger partial charge in [-0.3, -0.25) is 0 Å². The molecule has 0 saturated carbocycles. The average molecular weight is 747 g/mol. The van der Waals surface area contributed by atoms with E-state index in [1.54, 1.807) is 0 Å². The highest BCUT2D eigenvalue weighted by molar-refractivity contribution is 6.90. The third-order valence-corrected chi connectivity index (χ3v) is 15.1. The normalized spacial score (nSPS) is 15.8. The van der Waals surface area contributed by atoms with Gasteiger partial charge in [-0.05, 0) is 84.1 Å². The SMILES string of the molecule is CC1(C)c2ccccc2-c2c1cc1c3c2N2c4ccccc4C4(c5ccccc5-c5ccccc54)c4cccc(c42)B3n2c3c-1cccc3c1ccc3ccccc3c12. The molecular weight excluding hydrogens is 711 g/mol. The Bertz CT molecular complexity index is 3580. The van der Waals surface area contributed by atoms with Gasteiger partial charge in [0.1, 0.15) is 0 Å². The van der Waals surface area contributed by atoms with Crippen LogP contribution in [0.25, 0.3) is 66.0 Å². The highest BCUT2D eigenvalue weighted by Crippen LogP contribution is 2.66. The number of aromatic nitrogens is 1. The fourth-order valence-corrected chi connectivity index (χ4v) is 13.0. The van der Waals surface area contributed by atoms with Crippen molar-refractivity contribution < 1.29 is 0 Å². The van der Waals surface area contributed by atoms with E-state index >= 15 is 0 Å². The maximum Gasteiger partial charge on any atom is 0.333 e. The number of rotatable bonds is 0. The minimum Gasteiger partial charge on any atom is -0.375 e. The Kier molecular flexibility index (Phi) is 5.31. The number of fused-ring (bicyclic) bond motifs is 22. The Labute approximate surface area is 342 Å². The van der Waals surface area contributed by atoms with E-state index < -0.39 is 5.41 Å². The van der Waals surface area contributed by atoms with Crippen LogP contribution in [0, 0.1) is 0 Å². The van der Waals surface area contributed by atoms with Crippen LogP contribution in [0.1, 0.15) is 47.2 Å². The van der Waals surface area contributed by atoms with E-state index in [4.69, 9.17) is 0 Å². The van der Waals surface area contributed by atoms with Gasteiger partial charge in [-0.25, -0.2) is 0 Å². The van der Waals surface area contributed by atoms with Crippen LogP contribution >= 0.6 is 0 Å². The molecule has 9 aromatic carbocycles. The minimum absolute atomic E-state index is 0.0534. The van der Waals surface area contributed by atoms with Crippen LogP contribution in [0.3, 0.4) is 0 Å². The molecule has 1 aromatic heterocycles. The first-order valence-electron chi connectivity index (χ1n) is 21.1. The molecule has 0 saturated heterocycles. The fraction of sp³-hybridized carbons (Fsp3) is 0.0714. The van der Waals surface area contributed by atoms with Crippen molar-refractivity contribution in [1.82, 2.24) is 4.48 Å². The van der Waals surface area contributed by atoms with Crippen molar-refractivity contribution in [2.24, 2.45) is 0 Å². The van der Waals surface area contributed by atoms with E-state index in [9.17, 15) is 0 Å². The standard InChI is InChI=1S/C56H35BN2/c1-55(2)41-22-8-7-19-39(41)49-46(55)31-40-37-21-13-20-36-38-30-29-32-15-3-4-16-33(32)51(38)59(52(36)37)57-47-27-14-26-45-53(47)58(54(49)50(40)57)48-28-12-11-25-44(48)56(45)42-23-9-5-17-34(42)35-18-6-10-24-43(35)56/h3-31H,1-2H3. The van der Waals surface area contributed by atoms with Crippen LogP contribution in [0.5, 0.6) is 0 Å². The van der Waals surface area contributed by atoms with Crippen LogP contribution in [0.15, 0.2) is 176 Å². The largest absolute Gasteiger partial charge is 0.375 e. The zero-order chi connectivity index (χ0) is 38.5. The summed E-state index contributed by atoms with van der Waals surface area (Å²) in [5.74, 6) is 0. The summed E-state index contributed by atoms with van der Waals surface area (Å²) >= 11 is 0. The zero-order valence-electron chi connectivity index (χ0n) is 32.7. The van der Waals surface area contributed by atoms with Gasteiger partial charge in [0.25, 0.3) is 0 Å². The lowest BCUT2D eigenvalue weighted by Crippen LogP contribution is -2.58. The van der Waals surface area contributed by atoms with Gasteiger partial charge in [0, 0.05) is 49.4 Å². The van der Waals surface area contributed by atoms with Crippen LogP contribution in [0.2, 0.25) is 0 Å². The van der Waals surface area contributed by atoms with Crippen molar-refractivity contribution in [1.29, 1.82) is 0 Å². The highest BCUT2D eigenvalue weighted by atomic mass is 15.2. The minimum atomic E-state index is -0.492. The second-order valence-corrected chi connectivity index (χ2v) is 17.9. The number of benzene rings is 9. The van der Waals surface area contributed by atoms with E-state index in [2.05, 4.69) is 199 Å². The second kappa shape index (κ2) is 10.1. The molecule has 0 amide bonds. The highest BCUT2D eigenvalue weighted by Gasteiger charge is 2.56. The molecule has 59 heavy (non-hydrogen) atoms. The van der Waals surface area contributed by atoms with Crippen LogP contribution < -0.4 is 15.8 Å². The monoisotopic (exact) mass is 746 g/mol. The number of hydrogen-bond acceptors (Lipinski definition) is 1. The first-order chi connectivity index (χ1) is 29.1. The molecule has 272 valence electrons. The third kappa shape index (κ3) is 3.27. The zero-order valence-corrected chi connectivity index (χ0v) is 32.7. The van der Waals surface area contributed by atoms with Gasteiger partial charge in [0.15, 0.2) is 0 Å². The van der Waals surface area contributed by atoms with E-state index in [0.29, 0.717) is 0 Å². The summed E-state index contributed by atoms with van der Waals surface area (Å²) in [6.07, 6.45) is 0. The van der Waals surface area contributed by atoms with Gasteiger partial charge in [0.2, 0.25) is 0 Å². The predicted octanol–water partition coefficient (Wildman–Crippen LogP) is 12.3. The molecule has 3 heteroatoms. The molecule has 10 aromatic rings. The average Bonchev–Trinajstić information content (AvgIpc) is 3.87. The summed E-state index contributed by atoms with van der Waals surface area (Å²) < 4.78 is 2.77. The number of hydrogen-bond donors (Lipinski definition) is 0. The number of nitrogens with zero attached hydrogens (tertiary/aromatic N) is 2. The van der Waals surface area contributed by atoms with Gasteiger partial charge in [-0.1, -0.05) is 178 Å². The summed E-state index contributed by atoms with van der Waals surface area (Å²) in [7, 11) is 0. The van der Waals surface area contributed by atoms with E-state index in [-0.39, 0.29) is 12.3 Å². The van der Waals surface area contributed by atoms with Gasteiger partial charge in [-0.2, -0.15) is 0 Å². The molecule has 2 nitrogen and oxygen atoms in total. The fourth-order valence-electron chi connectivity index (χ4n) is 13.0. The lowest BCUT2D eigenvalue weighted by Gasteiger charge is -2.50. The van der Waals surface area contributed by atoms with Crippen molar-refractivity contribution >= 4 is 67.4 Å². The van der Waals surface area contributed by atoms with Gasteiger partial charge in [-0.15, -0.1) is 0 Å². The maximum absolute atomic E-state index is 2.77. The molecule has 3 aliphatic heterocycles. The van der Waals surface area contributed by atoms with Crippen molar-refractivity contribution in [3.05, 3.63) is 209 Å². The quantitative estimate of drug-likeness (QED) is 0.140. The number of para-hydroxylation sites is 3. The molecule has 0 unspecified atom stereocenters. The molecule has 0 bridgehead atoms. The molecular formula is C56H35BN2. The molecule has 0 atom stereocenters. The smallest absolute Gasteiger partial charge is 0.333 e. The van der Waals surface area contributed by atoms with Crippen molar-refractivity contribution in [2.45, 2.75) is 24.7 Å². The second-order valence-electron chi connectivity index (χ2n) is 17.9. The first-order valence-corrected chi connectivity index (χ1v) is 21.1. The summed E-state index contributed by atoms with van der Waals surface area (Å²) in [6, 6.07) is 67.6. The van der Waals surface area contributed by atoms with Crippen LogP contribution in [-0.2, 0) is 10.8 Å². The molecule has 15 rings (SSSR count). The molecule has 0 radical (unpaired) electrons. The van der Waals surface area contributed by atoms with Crippen LogP contribution in [-0.4, -0.2) is 11.3 Å². The van der Waals surface area contributed by atoms with Crippen LogP contribution in [0.4, 0.5) is 17.1 Å². The Balaban J connectivity index is 1.20. The summed E-state index contributed by atoms with van der Waals surface area (Å²) in [6.45, 7) is 4.82. The van der Waals surface area contributed by atoms with Gasteiger partial charge < -0.3 is 9.38 Å². The third-order valence-electron chi connectivity index (χ3n) is 15.1. The Morgan fingerprint density at radius 3 is 1.85 bits per heavy atom. The summed E-state index contributed by atoms with van der Waals surface area (Å²) in [4.78, 5) is 2.73. The van der Waals surface area contributed by atoms with Crippen molar-refractivity contribution in [3.63, 3.8) is 0 Å². The molecule has 2 aliphatic carbocycles. The van der Waals surface area contributed by atoms with E-state index in [0.717, 1.165) is 0 Å². The van der Waals surface area contributed by atoms with Crippen molar-refractivity contribution in [2.75, 3.05) is 4.90 Å². The molecule has 5 aliphatic rings. The Hall–Kier alpha value is -7.10. The Morgan fingerprint density at radius 1 is 0.424 bits per heavy atom. The van der Waals surface area contributed by atoms with Crippen molar-refractivity contribution in [3.8, 4) is 33.4 Å². The lowest BCUT2D eigenvalue weighted by atomic mass is 9.43. The van der Waals surface area contributed by atoms with Gasteiger partial charge in [0.05, 0.1) is 16.8 Å². The summed E-state index contributed by atoms with van der Waals surface area (Å²) in [5, 5.41) is 5.22. The summed E-state index contributed by atoms with van der Waals surface area (Å²) in [5.41, 5.74) is 25.0. The maximum atomic E-state index is 2.77. The van der Waals surface area contributed by atoms with E-state index in [1.165, 1.54) is 127 Å². The topological polar surface area (TPSA) is 8.17 Å². The molecule has 1 spiro atoms. The number of anilines is 3. The lowest BCUT2D eigenvalue weighted by molar-refractivity contribution is 0.660. The Morgan fingerprint density at radius 2 is 1.03 bits per heavy atom. The molecule has 0 N–H and O–H groups in total. The first kappa shape index (κ1) is 31.0. The molecule has 4 heterocycles.